The number of thiophene rings is 2. The molecule has 3 nitrogen and oxygen atoms in total. The minimum absolute atomic E-state index is 0. The summed E-state index contributed by atoms with van der Waals surface area (Å²) in [6, 6.07) is 181. The van der Waals surface area contributed by atoms with Crippen LogP contribution in [0.15, 0.2) is 516 Å². The van der Waals surface area contributed by atoms with Crippen LogP contribution in [-0.4, -0.2) is 18.3 Å². The van der Waals surface area contributed by atoms with Gasteiger partial charge in [-0.1, -0.05) is 499 Å². The zero-order chi connectivity index (χ0) is 90.5. The Morgan fingerprint density at radius 1 is 0.278 bits per heavy atom. The molecule has 0 saturated carbocycles. The van der Waals surface area contributed by atoms with E-state index in [0.29, 0.717) is 0 Å². The summed E-state index contributed by atoms with van der Waals surface area (Å²) in [4.78, 5) is 1.30. The van der Waals surface area contributed by atoms with Crippen molar-refractivity contribution < 1.29 is 49.7 Å². The van der Waals surface area contributed by atoms with Crippen molar-refractivity contribution in [3.05, 3.63) is 534 Å². The molecule has 18 aromatic carbocycles. The molecule has 2 aromatic heterocycles. The van der Waals surface area contributed by atoms with E-state index in [1.54, 1.807) is 0 Å². The van der Waals surface area contributed by atoms with Crippen LogP contribution in [0.2, 0.25) is 1.41 Å². The van der Waals surface area contributed by atoms with Gasteiger partial charge in [0.05, 0.1) is 14.1 Å². The zero-order valence-electron chi connectivity index (χ0n) is 74.9. The molecule has 21 rings (SSSR count). The number of hydrogen-bond acceptors (Lipinski definition) is 5. The maximum atomic E-state index is 5.88. The first kappa shape index (κ1) is 102. The molecule has 0 unspecified atom stereocenters. The van der Waals surface area contributed by atoms with Crippen LogP contribution in [0.3, 0.4) is 0 Å². The fourth-order valence-electron chi connectivity index (χ4n) is 14.7. The summed E-state index contributed by atoms with van der Waals surface area (Å²) in [7, 11) is 0.428. The average Bonchev–Trinajstić information content (AvgIpc) is 1.60. The van der Waals surface area contributed by atoms with Gasteiger partial charge in [-0.3, -0.25) is 5.15 Å². The van der Waals surface area contributed by atoms with Crippen molar-refractivity contribution in [1.29, 1.82) is 5.15 Å². The fraction of sp³-hybridized carbons (Fsp3) is 0.0588. The van der Waals surface area contributed by atoms with Gasteiger partial charge in [0.15, 0.2) is 1.41 Å². The molecule has 133 heavy (non-hydrogen) atoms. The number of fused-ring (bicyclic) bond motifs is 4. The molecule has 661 valence electrons. The standard InChI is InChI=1S/C20H14S.4C18H15P.C14H19BO2.C12H7IS.CH4.H2NP.Pd.V/c1-2-6-15(7-3-1)10-11-19-13-18-12-16-8-4-5-9-17(16)14-20(18)21-19;4*1-4-10-16(11-5-1)19(17-12-6-2-7-13-17)18-14-8-3-9-15-18;1-13(2)14(3,4)17-15(16-13)11-10-12-8-6-5-7-9-12;13-12-7-10-5-8-3-1-2-4-9(8)6-11(10)14-12;;1-2;;/h1-14H;4*1-15H;5-11H,1-4H3;1-7H;1H4;1-2H;;/b11-10+;;;;;11-10+;;;;;/i/hT. The normalized spacial score (nSPS) is 12.0. The van der Waals surface area contributed by atoms with Crippen LogP contribution in [0.4, 0.5) is 0 Å². The van der Waals surface area contributed by atoms with Gasteiger partial charge in [-0.05, 0) is 241 Å². The van der Waals surface area contributed by atoms with Crippen molar-refractivity contribution in [3.63, 3.8) is 0 Å². The van der Waals surface area contributed by atoms with Crippen molar-refractivity contribution in [2.75, 3.05) is 0 Å². The van der Waals surface area contributed by atoms with E-state index < -0.39 is 31.7 Å². The van der Waals surface area contributed by atoms with Gasteiger partial charge in [0.2, 0.25) is 0 Å². The molecule has 1 N–H and O–H groups in total. The van der Waals surface area contributed by atoms with Gasteiger partial charge in [-0.25, -0.2) is 0 Å². The third-order valence-corrected chi connectivity index (χ3v) is 34.4. The van der Waals surface area contributed by atoms with Gasteiger partial charge in [-0.15, -0.1) is 22.7 Å². The van der Waals surface area contributed by atoms with Crippen LogP contribution >= 0.6 is 86.0 Å². The summed E-state index contributed by atoms with van der Waals surface area (Å²) in [5.74, 6) is 1.96. The number of hydrogen-bond donors (Lipinski definition) is 1. The molecule has 1 saturated heterocycles. The molecular formula is C119H106BINO2P5PdS2V. The minimum atomic E-state index is -0.446. The van der Waals surface area contributed by atoms with E-state index in [1.807, 2.05) is 59.0 Å². The predicted octanol–water partition coefficient (Wildman–Crippen LogP) is 29.5. The monoisotopic (exact) mass is 2100 g/mol. The summed E-state index contributed by atoms with van der Waals surface area (Å²) in [5, 5.41) is 27.3. The Labute approximate surface area is 844 Å². The Hall–Kier alpha value is -10.3. The van der Waals surface area contributed by atoms with Crippen LogP contribution in [0.5, 0.6) is 0 Å². The second kappa shape index (κ2) is 54.3. The quantitative estimate of drug-likeness (QED) is 0.0595. The van der Waals surface area contributed by atoms with Gasteiger partial charge in [0, 0.05) is 53.3 Å². The van der Waals surface area contributed by atoms with Crippen molar-refractivity contribution in [1.82, 2.24) is 0 Å². The van der Waals surface area contributed by atoms with Crippen molar-refractivity contribution in [2.24, 2.45) is 0 Å². The Morgan fingerprint density at radius 2 is 0.474 bits per heavy atom. The van der Waals surface area contributed by atoms with Crippen molar-refractivity contribution >= 4 is 217 Å². The van der Waals surface area contributed by atoms with E-state index in [4.69, 9.17) is 10.7 Å². The first-order chi connectivity index (χ1) is 64.3. The summed E-state index contributed by atoms with van der Waals surface area (Å²) in [5.41, 5.74) is 1.86. The third-order valence-electron chi connectivity index (χ3n) is 21.7. The SMILES string of the molecule is C.C(=C\c1cc2cc3ccccc3cc2s1)/c1ccccc1.CC1(C)OB(/C=C/c2ccccc2)OC1(C)C.Ic1cc2cc3ccccc3cc2s1.[3H]N=P.[Pd].[V].c1ccc(P(c2ccccc2)c2ccccc2)cc1.c1ccc(P(c2ccccc2)c2ccccc2)cc1.c1ccc(P(c2ccccc2)c2ccccc2)cc1.c1ccc(P(c2ccccc2)c2ccccc2)cc1. The second-order valence-electron chi connectivity index (χ2n) is 31.2. The van der Waals surface area contributed by atoms with E-state index >= 15 is 0 Å². The van der Waals surface area contributed by atoms with E-state index in [1.165, 1.54) is 119 Å². The Morgan fingerprint density at radius 3 is 0.714 bits per heavy atom. The predicted molar refractivity (Wildman–Crippen MR) is 597 cm³/mol. The molecule has 0 aliphatic carbocycles. The van der Waals surface area contributed by atoms with Crippen molar-refractivity contribution in [3.8, 4) is 0 Å². The largest absolute Gasteiger partial charge is 0.487 e. The molecule has 3 heterocycles. The molecule has 1 aliphatic heterocycles. The van der Waals surface area contributed by atoms with E-state index in [2.05, 4.69) is 562 Å². The smallest absolute Gasteiger partial charge is 0.400 e. The molecule has 0 amide bonds. The van der Waals surface area contributed by atoms with Crippen LogP contribution in [-0.2, 0) is 48.3 Å². The molecular weight excluding hydrogens is 1990 g/mol. The maximum absolute atomic E-state index is 5.88. The van der Waals surface area contributed by atoms with Gasteiger partial charge in [0.1, 0.15) is 0 Å². The molecule has 14 heteroatoms. The number of halogens is 1. The van der Waals surface area contributed by atoms with Crippen LogP contribution in [0.1, 0.15) is 51.1 Å². The number of nitrogens with one attached hydrogen (secondary N) is 1. The molecule has 1 fully saturated rings. The van der Waals surface area contributed by atoms with E-state index in [0.717, 1.165) is 5.56 Å². The molecule has 1 aliphatic rings. The van der Waals surface area contributed by atoms with Crippen molar-refractivity contribution in [2.45, 2.75) is 46.3 Å². The van der Waals surface area contributed by atoms with Gasteiger partial charge in [0.25, 0.3) is 0 Å². The molecule has 20 aromatic rings. The maximum Gasteiger partial charge on any atom is 0.487 e. The van der Waals surface area contributed by atoms with E-state index in [-0.39, 0.29) is 64.7 Å². The first-order valence-electron chi connectivity index (χ1n) is 43.7. The van der Waals surface area contributed by atoms with Gasteiger partial charge >= 0.3 is 7.12 Å². The fourth-order valence-corrected chi connectivity index (χ4v) is 26.8. The Kier molecular flexibility index (Phi) is 41.5. The Balaban J connectivity index is 0.000000149. The minimum Gasteiger partial charge on any atom is -0.400 e. The van der Waals surface area contributed by atoms with Gasteiger partial charge in [-0.2, -0.15) is 0 Å². The number of benzene rings is 18. The molecule has 0 bridgehead atoms. The summed E-state index contributed by atoms with van der Waals surface area (Å²) >= 11 is 6.08. The van der Waals surface area contributed by atoms with Crippen LogP contribution in [0.25, 0.3) is 59.9 Å². The summed E-state index contributed by atoms with van der Waals surface area (Å²) < 4.78 is 21.6. The van der Waals surface area contributed by atoms with Crippen LogP contribution < -0.4 is 63.7 Å². The second-order valence-corrected chi connectivity index (χ2v) is 44.2. The first-order valence-corrected chi connectivity index (χ1v) is 51.8. The number of rotatable bonds is 16. The Bertz CT molecular complexity index is 5870. The summed E-state index contributed by atoms with van der Waals surface area (Å²) in [6.07, 6.45) is 6.40. The van der Waals surface area contributed by atoms with E-state index in [9.17, 15) is 0 Å². The average molecular weight is 2100 g/mol. The third kappa shape index (κ3) is 30.1. The molecule has 1 radical (unpaired) electrons. The topological polar surface area (TPSA) is 42.3 Å². The zero-order valence-corrected chi connectivity index (χ0v) is 85.2. The summed E-state index contributed by atoms with van der Waals surface area (Å²) in [6.45, 7) is 8.24. The van der Waals surface area contributed by atoms with Gasteiger partial charge < -0.3 is 9.31 Å². The molecule has 0 atom stereocenters. The van der Waals surface area contributed by atoms with Crippen LogP contribution in [0, 0.1) is 8.04 Å². The molecule has 0 spiro atoms.